The first kappa shape index (κ1) is 18.7. The summed E-state index contributed by atoms with van der Waals surface area (Å²) in [6.45, 7) is 5.03. The molecule has 1 fully saturated rings. The van der Waals surface area contributed by atoms with Crippen LogP contribution in [-0.2, 0) is 4.79 Å². The van der Waals surface area contributed by atoms with E-state index in [2.05, 4.69) is 17.6 Å². The number of rotatable bonds is 5. The second kappa shape index (κ2) is 8.54. The minimum atomic E-state index is -0.0894. The highest BCUT2D eigenvalue weighted by molar-refractivity contribution is 7.99. The molecule has 25 heavy (non-hydrogen) atoms. The van der Waals surface area contributed by atoms with Crippen molar-refractivity contribution in [3.8, 4) is 11.3 Å². The van der Waals surface area contributed by atoms with Crippen molar-refractivity contribution < 1.29 is 4.79 Å². The van der Waals surface area contributed by atoms with Gasteiger partial charge in [-0.25, -0.2) is 4.98 Å². The number of carbonyl (C=O) groups excluding carboxylic acids is 1. The highest BCUT2D eigenvalue weighted by atomic mass is 35.5. The van der Waals surface area contributed by atoms with Crippen LogP contribution in [0.5, 0.6) is 0 Å². The van der Waals surface area contributed by atoms with E-state index in [0.29, 0.717) is 11.4 Å². The third-order valence-corrected chi connectivity index (χ3v) is 6.65. The number of carbonyl (C=O) groups is 1. The Morgan fingerprint density at radius 1 is 1.44 bits per heavy atom. The number of nitrogens with zero attached hydrogens (tertiary/aromatic N) is 1. The van der Waals surface area contributed by atoms with Gasteiger partial charge >= 0.3 is 0 Å². The number of halogens is 1. The van der Waals surface area contributed by atoms with Crippen LogP contribution in [0.15, 0.2) is 24.3 Å². The van der Waals surface area contributed by atoms with E-state index >= 15 is 0 Å². The summed E-state index contributed by atoms with van der Waals surface area (Å²) >= 11 is 9.49. The molecule has 2 unspecified atom stereocenters. The Morgan fingerprint density at radius 3 is 2.88 bits per heavy atom. The van der Waals surface area contributed by atoms with Crippen LogP contribution in [0.25, 0.3) is 11.3 Å². The van der Waals surface area contributed by atoms with Gasteiger partial charge in [0.1, 0.15) is 5.01 Å². The lowest BCUT2D eigenvalue weighted by atomic mass is 10.1. The standard InChI is InChI=1S/C18H22ClN3OS2/c1-11(21-16(23)9-15-10-24-8-7-20-15)18-22-17(12(2)25-18)13-3-5-14(19)6-4-13/h3-6,11,15,20H,7-10H2,1-2H3,(H,21,23). The number of aryl methyl sites for hydroxylation is 1. The second-order valence-electron chi connectivity index (χ2n) is 6.18. The SMILES string of the molecule is Cc1sc(C(C)NC(=O)CC2CSCCN2)nc1-c1ccc(Cl)cc1. The molecule has 1 amide bonds. The Balaban J connectivity index is 1.64. The zero-order valence-electron chi connectivity index (χ0n) is 14.3. The Morgan fingerprint density at radius 2 is 2.20 bits per heavy atom. The number of thioether (sulfide) groups is 1. The average molecular weight is 396 g/mol. The third-order valence-electron chi connectivity index (χ3n) is 4.11. The molecule has 2 atom stereocenters. The van der Waals surface area contributed by atoms with Gasteiger partial charge in [0, 0.05) is 46.0 Å². The average Bonchev–Trinajstić information content (AvgIpc) is 2.98. The van der Waals surface area contributed by atoms with E-state index in [4.69, 9.17) is 16.6 Å². The molecule has 1 aromatic heterocycles. The van der Waals surface area contributed by atoms with Gasteiger partial charge in [-0.3, -0.25) is 4.79 Å². The number of nitrogens with one attached hydrogen (secondary N) is 2. The molecular weight excluding hydrogens is 374 g/mol. The Bertz CT molecular complexity index is 726. The lowest BCUT2D eigenvalue weighted by Crippen LogP contribution is -2.41. The van der Waals surface area contributed by atoms with Crippen molar-refractivity contribution in [2.45, 2.75) is 32.4 Å². The van der Waals surface area contributed by atoms with Gasteiger partial charge in [-0.15, -0.1) is 11.3 Å². The monoisotopic (exact) mass is 395 g/mol. The predicted octanol–water partition coefficient (Wildman–Crippen LogP) is 4.04. The van der Waals surface area contributed by atoms with E-state index < -0.39 is 0 Å². The van der Waals surface area contributed by atoms with Gasteiger partial charge in [-0.05, 0) is 26.0 Å². The normalized spacial score (nSPS) is 18.8. The van der Waals surface area contributed by atoms with Crippen LogP contribution in [0.2, 0.25) is 5.02 Å². The quantitative estimate of drug-likeness (QED) is 0.802. The van der Waals surface area contributed by atoms with Crippen LogP contribution >= 0.6 is 34.7 Å². The van der Waals surface area contributed by atoms with E-state index in [-0.39, 0.29) is 18.0 Å². The first-order valence-electron chi connectivity index (χ1n) is 8.36. The first-order chi connectivity index (χ1) is 12.0. The summed E-state index contributed by atoms with van der Waals surface area (Å²) in [7, 11) is 0. The fourth-order valence-electron chi connectivity index (χ4n) is 2.81. The molecule has 4 nitrogen and oxygen atoms in total. The zero-order valence-corrected chi connectivity index (χ0v) is 16.7. The van der Waals surface area contributed by atoms with Crippen LogP contribution in [0.4, 0.5) is 0 Å². The first-order valence-corrected chi connectivity index (χ1v) is 10.7. The molecule has 0 bridgehead atoms. The van der Waals surface area contributed by atoms with Crippen molar-refractivity contribution in [3.63, 3.8) is 0 Å². The number of aromatic nitrogens is 1. The lowest BCUT2D eigenvalue weighted by Gasteiger charge is -2.23. The van der Waals surface area contributed by atoms with Gasteiger partial charge < -0.3 is 10.6 Å². The summed E-state index contributed by atoms with van der Waals surface area (Å²) < 4.78 is 0. The highest BCUT2D eigenvalue weighted by Crippen LogP contribution is 2.31. The van der Waals surface area contributed by atoms with Crippen molar-refractivity contribution in [3.05, 3.63) is 39.2 Å². The van der Waals surface area contributed by atoms with Crippen molar-refractivity contribution in [1.82, 2.24) is 15.6 Å². The molecule has 1 aromatic carbocycles. The van der Waals surface area contributed by atoms with Crippen molar-refractivity contribution in [2.75, 3.05) is 18.1 Å². The maximum atomic E-state index is 12.3. The number of thiazole rings is 1. The second-order valence-corrected chi connectivity index (χ2v) is 9.00. The number of amides is 1. The van der Waals surface area contributed by atoms with E-state index in [9.17, 15) is 4.79 Å². The fraction of sp³-hybridized carbons (Fsp3) is 0.444. The van der Waals surface area contributed by atoms with Crippen molar-refractivity contribution in [1.29, 1.82) is 0 Å². The number of hydrogen-bond donors (Lipinski definition) is 2. The van der Waals surface area contributed by atoms with E-state index in [1.54, 1.807) is 11.3 Å². The Hall–Kier alpha value is -1.08. The number of benzene rings is 1. The van der Waals surface area contributed by atoms with E-state index in [1.165, 1.54) is 0 Å². The summed E-state index contributed by atoms with van der Waals surface area (Å²) in [6, 6.07) is 7.88. The van der Waals surface area contributed by atoms with Gasteiger partial charge in [0.15, 0.2) is 0 Å². The summed E-state index contributed by atoms with van der Waals surface area (Å²) in [5.41, 5.74) is 2.01. The molecule has 2 heterocycles. The summed E-state index contributed by atoms with van der Waals surface area (Å²) in [6.07, 6.45) is 0.520. The van der Waals surface area contributed by atoms with E-state index in [0.717, 1.165) is 39.2 Å². The predicted molar refractivity (Wildman–Crippen MR) is 108 cm³/mol. The summed E-state index contributed by atoms with van der Waals surface area (Å²) in [5, 5.41) is 8.13. The van der Waals surface area contributed by atoms with Crippen LogP contribution in [-0.4, -0.2) is 35.0 Å². The highest BCUT2D eigenvalue weighted by Gasteiger charge is 2.20. The number of hydrogen-bond acceptors (Lipinski definition) is 5. The topological polar surface area (TPSA) is 54.0 Å². The molecule has 2 N–H and O–H groups in total. The molecule has 7 heteroatoms. The molecule has 0 spiro atoms. The van der Waals surface area contributed by atoms with Crippen LogP contribution in [0, 0.1) is 6.92 Å². The summed E-state index contributed by atoms with van der Waals surface area (Å²) in [4.78, 5) is 18.2. The maximum absolute atomic E-state index is 12.3. The van der Waals surface area contributed by atoms with Gasteiger partial charge in [0.2, 0.25) is 5.91 Å². The van der Waals surface area contributed by atoms with Crippen molar-refractivity contribution >= 4 is 40.6 Å². The molecule has 1 aliphatic rings. The van der Waals surface area contributed by atoms with E-state index in [1.807, 2.05) is 43.0 Å². The molecular formula is C18H22ClN3OS2. The zero-order chi connectivity index (χ0) is 17.8. The molecule has 134 valence electrons. The lowest BCUT2D eigenvalue weighted by molar-refractivity contribution is -0.122. The van der Waals surface area contributed by atoms with Crippen LogP contribution in [0.1, 0.15) is 29.3 Å². The molecule has 1 saturated heterocycles. The van der Waals surface area contributed by atoms with Crippen LogP contribution in [0.3, 0.4) is 0 Å². The summed E-state index contributed by atoms with van der Waals surface area (Å²) in [5.74, 6) is 2.20. The molecule has 0 aliphatic carbocycles. The van der Waals surface area contributed by atoms with Gasteiger partial charge in [0.05, 0.1) is 11.7 Å². The van der Waals surface area contributed by atoms with Gasteiger partial charge in [-0.2, -0.15) is 11.8 Å². The maximum Gasteiger partial charge on any atom is 0.222 e. The largest absolute Gasteiger partial charge is 0.347 e. The molecule has 1 aliphatic heterocycles. The fourth-order valence-corrected chi connectivity index (χ4v) is 4.84. The van der Waals surface area contributed by atoms with Crippen LogP contribution < -0.4 is 10.6 Å². The third kappa shape index (κ3) is 4.97. The minimum absolute atomic E-state index is 0.0772. The molecule has 3 rings (SSSR count). The Labute approximate surface area is 161 Å². The Kier molecular flexibility index (Phi) is 6.39. The molecule has 0 saturated carbocycles. The van der Waals surface area contributed by atoms with Gasteiger partial charge in [-0.1, -0.05) is 23.7 Å². The van der Waals surface area contributed by atoms with Crippen molar-refractivity contribution in [2.24, 2.45) is 0 Å². The molecule has 0 radical (unpaired) electrons. The minimum Gasteiger partial charge on any atom is -0.347 e. The van der Waals surface area contributed by atoms with Gasteiger partial charge in [0.25, 0.3) is 0 Å². The smallest absolute Gasteiger partial charge is 0.222 e. The molecule has 2 aromatic rings.